The number of carbonyl (C=O) groups is 1. The van der Waals surface area contributed by atoms with Crippen molar-refractivity contribution in [2.45, 2.75) is 71.1 Å². The SMILES string of the molecule is CCCCCCCCCCCC(=O)O.Clc1ccccc1. The second-order valence-corrected chi connectivity index (χ2v) is 5.70. The van der Waals surface area contributed by atoms with Crippen molar-refractivity contribution in [1.29, 1.82) is 0 Å². The van der Waals surface area contributed by atoms with Crippen molar-refractivity contribution in [3.8, 4) is 0 Å². The summed E-state index contributed by atoms with van der Waals surface area (Å²) in [5, 5.41) is 9.21. The van der Waals surface area contributed by atoms with Crippen molar-refractivity contribution >= 4 is 17.6 Å². The van der Waals surface area contributed by atoms with E-state index in [1.807, 2.05) is 30.3 Å². The molecule has 1 aromatic rings. The Morgan fingerprint density at radius 1 is 0.905 bits per heavy atom. The molecular formula is C18H29ClO2. The Labute approximate surface area is 134 Å². The summed E-state index contributed by atoms with van der Waals surface area (Å²) in [4.78, 5) is 10.2. The molecule has 120 valence electrons. The van der Waals surface area contributed by atoms with E-state index >= 15 is 0 Å². The predicted molar refractivity (Wildman–Crippen MR) is 90.9 cm³/mol. The maximum absolute atomic E-state index is 10.2. The standard InChI is InChI=1S/C12H24O2.C6H5Cl/c1-2-3-4-5-6-7-8-9-10-11-12(13)14;7-6-4-2-1-3-5-6/h2-11H2,1H3,(H,13,14);1-5H. The summed E-state index contributed by atoms with van der Waals surface area (Å²) in [6.45, 7) is 2.23. The Balaban J connectivity index is 0.000000471. The van der Waals surface area contributed by atoms with Crippen molar-refractivity contribution in [2.24, 2.45) is 0 Å². The van der Waals surface area contributed by atoms with Crippen LogP contribution in [0.4, 0.5) is 0 Å². The van der Waals surface area contributed by atoms with Gasteiger partial charge in [0, 0.05) is 11.4 Å². The normalized spacial score (nSPS) is 9.81. The molecule has 1 N–H and O–H groups in total. The number of carboxylic acids is 1. The van der Waals surface area contributed by atoms with E-state index in [1.165, 1.54) is 44.9 Å². The Morgan fingerprint density at radius 2 is 1.38 bits per heavy atom. The number of benzene rings is 1. The van der Waals surface area contributed by atoms with Crippen LogP contribution in [0.25, 0.3) is 0 Å². The molecule has 2 nitrogen and oxygen atoms in total. The third kappa shape index (κ3) is 16.9. The van der Waals surface area contributed by atoms with E-state index in [4.69, 9.17) is 16.7 Å². The number of halogens is 1. The molecule has 0 saturated carbocycles. The third-order valence-electron chi connectivity index (χ3n) is 3.23. The van der Waals surface area contributed by atoms with Crippen LogP contribution in [0.2, 0.25) is 5.02 Å². The first-order valence-electron chi connectivity index (χ1n) is 8.09. The van der Waals surface area contributed by atoms with Gasteiger partial charge < -0.3 is 5.11 Å². The first-order valence-corrected chi connectivity index (χ1v) is 8.47. The molecule has 0 aromatic heterocycles. The van der Waals surface area contributed by atoms with E-state index < -0.39 is 5.97 Å². The first kappa shape index (κ1) is 20.0. The van der Waals surface area contributed by atoms with E-state index in [-0.39, 0.29) is 0 Å². The highest BCUT2D eigenvalue weighted by Crippen LogP contribution is 2.10. The fraction of sp³-hybridized carbons (Fsp3) is 0.611. The van der Waals surface area contributed by atoms with E-state index in [0.717, 1.165) is 17.9 Å². The molecule has 0 spiro atoms. The van der Waals surface area contributed by atoms with Crippen molar-refractivity contribution < 1.29 is 9.90 Å². The molecule has 0 aliphatic heterocycles. The van der Waals surface area contributed by atoms with Gasteiger partial charge in [0.25, 0.3) is 0 Å². The lowest BCUT2D eigenvalue weighted by Gasteiger charge is -2.00. The minimum Gasteiger partial charge on any atom is -0.481 e. The highest BCUT2D eigenvalue weighted by molar-refractivity contribution is 6.30. The monoisotopic (exact) mass is 312 g/mol. The highest BCUT2D eigenvalue weighted by Gasteiger charge is 1.96. The molecule has 0 fully saturated rings. The van der Waals surface area contributed by atoms with Gasteiger partial charge in [-0.2, -0.15) is 0 Å². The van der Waals surface area contributed by atoms with Crippen molar-refractivity contribution in [3.63, 3.8) is 0 Å². The third-order valence-corrected chi connectivity index (χ3v) is 3.48. The van der Waals surface area contributed by atoms with Crippen molar-refractivity contribution in [2.75, 3.05) is 0 Å². The van der Waals surface area contributed by atoms with Crippen LogP contribution in [0.5, 0.6) is 0 Å². The number of carboxylic acid groups (broad SMARTS) is 1. The van der Waals surface area contributed by atoms with Gasteiger partial charge in [0.1, 0.15) is 0 Å². The molecule has 1 rings (SSSR count). The van der Waals surface area contributed by atoms with E-state index in [9.17, 15) is 4.79 Å². The van der Waals surface area contributed by atoms with Crippen LogP contribution < -0.4 is 0 Å². The van der Waals surface area contributed by atoms with E-state index in [0.29, 0.717) is 6.42 Å². The molecule has 0 saturated heterocycles. The van der Waals surface area contributed by atoms with Gasteiger partial charge in [-0.3, -0.25) is 4.79 Å². The molecule has 0 unspecified atom stereocenters. The van der Waals surface area contributed by atoms with Gasteiger partial charge in [-0.25, -0.2) is 0 Å². The average Bonchev–Trinajstić information content (AvgIpc) is 2.47. The van der Waals surface area contributed by atoms with Crippen LogP contribution in [-0.2, 0) is 4.79 Å². The molecule has 0 radical (unpaired) electrons. The minimum absolute atomic E-state index is 0.343. The summed E-state index contributed by atoms with van der Waals surface area (Å²) in [5.74, 6) is -0.659. The maximum atomic E-state index is 10.2. The Morgan fingerprint density at radius 3 is 1.76 bits per heavy atom. The zero-order chi connectivity index (χ0) is 15.8. The Hall–Kier alpha value is -1.02. The number of unbranched alkanes of at least 4 members (excludes halogenated alkanes) is 8. The van der Waals surface area contributed by atoms with Gasteiger partial charge in [-0.15, -0.1) is 0 Å². The summed E-state index contributed by atoms with van der Waals surface area (Å²) < 4.78 is 0. The Kier molecular flexibility index (Phi) is 14.6. The smallest absolute Gasteiger partial charge is 0.303 e. The van der Waals surface area contributed by atoms with E-state index in [2.05, 4.69) is 6.92 Å². The lowest BCUT2D eigenvalue weighted by atomic mass is 10.1. The van der Waals surface area contributed by atoms with Gasteiger partial charge >= 0.3 is 5.97 Å². The average molecular weight is 313 g/mol. The minimum atomic E-state index is -0.659. The summed E-state index contributed by atoms with van der Waals surface area (Å²) in [6.07, 6.45) is 11.5. The second-order valence-electron chi connectivity index (χ2n) is 5.27. The fourth-order valence-corrected chi connectivity index (χ4v) is 2.15. The summed E-state index contributed by atoms with van der Waals surface area (Å²) in [5.41, 5.74) is 0. The fourth-order valence-electron chi connectivity index (χ4n) is 2.00. The maximum Gasteiger partial charge on any atom is 0.303 e. The molecule has 0 amide bonds. The Bertz CT molecular complexity index is 338. The van der Waals surface area contributed by atoms with Crippen molar-refractivity contribution in [3.05, 3.63) is 35.4 Å². The van der Waals surface area contributed by atoms with Gasteiger partial charge in [0.15, 0.2) is 0 Å². The van der Waals surface area contributed by atoms with E-state index in [1.54, 1.807) is 0 Å². The molecule has 0 bridgehead atoms. The van der Waals surface area contributed by atoms with Gasteiger partial charge in [-0.05, 0) is 18.6 Å². The van der Waals surface area contributed by atoms with Crippen LogP contribution in [0.1, 0.15) is 71.1 Å². The molecule has 0 aliphatic rings. The van der Waals surface area contributed by atoms with Crippen molar-refractivity contribution in [1.82, 2.24) is 0 Å². The van der Waals surface area contributed by atoms with Crippen LogP contribution in [0, 0.1) is 0 Å². The van der Waals surface area contributed by atoms with Crippen LogP contribution in [0.3, 0.4) is 0 Å². The molecule has 3 heteroatoms. The molecular weight excluding hydrogens is 284 g/mol. The quantitative estimate of drug-likeness (QED) is 0.512. The summed E-state index contributed by atoms with van der Waals surface area (Å²) >= 11 is 5.54. The van der Waals surface area contributed by atoms with Gasteiger partial charge in [-0.1, -0.05) is 88.1 Å². The highest BCUT2D eigenvalue weighted by atomic mass is 35.5. The number of rotatable bonds is 10. The first-order chi connectivity index (χ1) is 10.2. The topological polar surface area (TPSA) is 37.3 Å². The number of aliphatic carboxylic acids is 1. The lowest BCUT2D eigenvalue weighted by molar-refractivity contribution is -0.137. The van der Waals surface area contributed by atoms with Gasteiger partial charge in [0.05, 0.1) is 0 Å². The largest absolute Gasteiger partial charge is 0.481 e. The summed E-state index contributed by atoms with van der Waals surface area (Å²) in [7, 11) is 0. The number of hydrogen-bond acceptors (Lipinski definition) is 1. The molecule has 1 aromatic carbocycles. The molecule has 0 heterocycles. The predicted octanol–water partition coefficient (Wildman–Crippen LogP) is 6.33. The van der Waals surface area contributed by atoms with Gasteiger partial charge in [0.2, 0.25) is 0 Å². The molecule has 0 aliphatic carbocycles. The van der Waals surface area contributed by atoms with Crippen LogP contribution in [-0.4, -0.2) is 11.1 Å². The second kappa shape index (κ2) is 15.4. The molecule has 0 atom stereocenters. The molecule has 21 heavy (non-hydrogen) atoms. The van der Waals surface area contributed by atoms with Crippen LogP contribution in [0.15, 0.2) is 30.3 Å². The number of hydrogen-bond donors (Lipinski definition) is 1. The van der Waals surface area contributed by atoms with Crippen LogP contribution >= 0.6 is 11.6 Å². The zero-order valence-electron chi connectivity index (χ0n) is 13.2. The zero-order valence-corrected chi connectivity index (χ0v) is 13.9. The summed E-state index contributed by atoms with van der Waals surface area (Å²) in [6, 6.07) is 9.44. The lowest BCUT2D eigenvalue weighted by Crippen LogP contribution is -1.93.